The van der Waals surface area contributed by atoms with Crippen molar-refractivity contribution in [1.29, 1.82) is 0 Å². The molecular weight excluding hydrogens is 308 g/mol. The summed E-state index contributed by atoms with van der Waals surface area (Å²) < 4.78 is 11.9. The zero-order chi connectivity index (χ0) is 18.9. The standard InChI is InChI=1S/C23H42O2/c1-19(2)11-8-12-20(3)13-9-14-21(4)15-10-16-23(7)24-17-22(5,6)18-25-23/h13,15,19H,8-12,14,16-18H2,1-7H3/b20-13-,21-15+. The third-order valence-electron chi connectivity index (χ3n) is 5.01. The van der Waals surface area contributed by atoms with Crippen molar-refractivity contribution in [2.24, 2.45) is 11.3 Å². The van der Waals surface area contributed by atoms with Crippen LogP contribution in [0.5, 0.6) is 0 Å². The molecule has 0 aromatic carbocycles. The van der Waals surface area contributed by atoms with Crippen LogP contribution in [0.25, 0.3) is 0 Å². The predicted molar refractivity (Wildman–Crippen MR) is 109 cm³/mol. The molecule has 0 aromatic rings. The van der Waals surface area contributed by atoms with Gasteiger partial charge in [0.2, 0.25) is 0 Å². The van der Waals surface area contributed by atoms with Crippen LogP contribution in [-0.2, 0) is 9.47 Å². The molecule has 0 bridgehead atoms. The number of allylic oxidation sites excluding steroid dienone is 4. The fourth-order valence-electron chi connectivity index (χ4n) is 3.04. The van der Waals surface area contributed by atoms with E-state index in [1.165, 1.54) is 24.8 Å². The molecule has 1 rings (SSSR count). The Kier molecular flexibility index (Phi) is 9.45. The summed E-state index contributed by atoms with van der Waals surface area (Å²) in [7, 11) is 0. The molecular formula is C23H42O2. The summed E-state index contributed by atoms with van der Waals surface area (Å²) in [4.78, 5) is 0. The molecule has 0 aromatic heterocycles. The van der Waals surface area contributed by atoms with Crippen LogP contribution in [-0.4, -0.2) is 19.0 Å². The van der Waals surface area contributed by atoms with E-state index in [0.717, 1.165) is 44.8 Å². The summed E-state index contributed by atoms with van der Waals surface area (Å²) in [5, 5.41) is 0. The lowest BCUT2D eigenvalue weighted by Gasteiger charge is -2.41. The Morgan fingerprint density at radius 3 is 2.08 bits per heavy atom. The van der Waals surface area contributed by atoms with Gasteiger partial charge in [-0.05, 0) is 58.8 Å². The Labute approximate surface area is 157 Å². The molecule has 1 aliphatic rings. The molecule has 0 atom stereocenters. The van der Waals surface area contributed by atoms with E-state index in [0.29, 0.717) is 0 Å². The van der Waals surface area contributed by atoms with E-state index in [-0.39, 0.29) is 5.41 Å². The average Bonchev–Trinajstić information content (AvgIpc) is 2.50. The molecule has 0 amide bonds. The van der Waals surface area contributed by atoms with Gasteiger partial charge in [0.1, 0.15) is 0 Å². The molecule has 2 heteroatoms. The van der Waals surface area contributed by atoms with Crippen LogP contribution in [0.2, 0.25) is 0 Å². The fraction of sp³-hybridized carbons (Fsp3) is 0.826. The molecule has 2 nitrogen and oxygen atoms in total. The molecule has 0 unspecified atom stereocenters. The van der Waals surface area contributed by atoms with Crippen molar-refractivity contribution < 1.29 is 9.47 Å². The van der Waals surface area contributed by atoms with Gasteiger partial charge < -0.3 is 9.47 Å². The molecule has 0 radical (unpaired) electrons. The van der Waals surface area contributed by atoms with Crippen molar-refractivity contribution in [2.75, 3.05) is 13.2 Å². The molecule has 1 fully saturated rings. The summed E-state index contributed by atoms with van der Waals surface area (Å²) in [6, 6.07) is 0. The normalized spacial score (nSPS) is 21.0. The lowest BCUT2D eigenvalue weighted by atomic mass is 9.94. The highest BCUT2D eigenvalue weighted by molar-refractivity contribution is 5.04. The van der Waals surface area contributed by atoms with Gasteiger partial charge in [0.25, 0.3) is 0 Å². The molecule has 0 spiro atoms. The largest absolute Gasteiger partial charge is 0.350 e. The van der Waals surface area contributed by atoms with Crippen molar-refractivity contribution >= 4 is 0 Å². The van der Waals surface area contributed by atoms with Gasteiger partial charge in [-0.1, -0.05) is 57.4 Å². The molecule has 25 heavy (non-hydrogen) atoms. The van der Waals surface area contributed by atoms with Gasteiger partial charge in [0.15, 0.2) is 5.79 Å². The summed E-state index contributed by atoms with van der Waals surface area (Å²) in [6.07, 6.45) is 13.0. The lowest BCUT2D eigenvalue weighted by Crippen LogP contribution is -2.45. The summed E-state index contributed by atoms with van der Waals surface area (Å²) >= 11 is 0. The minimum atomic E-state index is -0.404. The maximum absolute atomic E-state index is 5.97. The zero-order valence-corrected chi connectivity index (χ0v) is 17.9. The second kappa shape index (κ2) is 10.5. The first-order valence-electron chi connectivity index (χ1n) is 10.2. The molecule has 0 saturated carbocycles. The average molecular weight is 351 g/mol. The van der Waals surface area contributed by atoms with Crippen LogP contribution < -0.4 is 0 Å². The van der Waals surface area contributed by atoms with Crippen LogP contribution in [0.4, 0.5) is 0 Å². The van der Waals surface area contributed by atoms with E-state index >= 15 is 0 Å². The fourth-order valence-corrected chi connectivity index (χ4v) is 3.04. The predicted octanol–water partition coefficient (Wildman–Crippen LogP) is 7.05. The van der Waals surface area contributed by atoms with Crippen LogP contribution in [0.3, 0.4) is 0 Å². The number of ether oxygens (including phenoxy) is 2. The molecule has 0 aliphatic carbocycles. The second-order valence-electron chi connectivity index (χ2n) is 9.34. The van der Waals surface area contributed by atoms with Gasteiger partial charge in [-0.3, -0.25) is 0 Å². The summed E-state index contributed by atoms with van der Waals surface area (Å²) in [5.74, 6) is 0.419. The Balaban J connectivity index is 2.23. The Morgan fingerprint density at radius 2 is 1.48 bits per heavy atom. The van der Waals surface area contributed by atoms with E-state index in [1.54, 1.807) is 5.57 Å². The summed E-state index contributed by atoms with van der Waals surface area (Å²) in [5.41, 5.74) is 3.17. The Morgan fingerprint density at radius 1 is 0.920 bits per heavy atom. The van der Waals surface area contributed by atoms with Gasteiger partial charge in [0, 0.05) is 11.8 Å². The maximum Gasteiger partial charge on any atom is 0.165 e. The first kappa shape index (κ1) is 22.4. The Hall–Kier alpha value is -0.600. The molecule has 1 heterocycles. The lowest BCUT2D eigenvalue weighted by molar-refractivity contribution is -0.291. The van der Waals surface area contributed by atoms with Crippen molar-refractivity contribution in [2.45, 2.75) is 99.2 Å². The highest BCUT2D eigenvalue weighted by Gasteiger charge is 2.36. The third-order valence-corrected chi connectivity index (χ3v) is 5.01. The minimum Gasteiger partial charge on any atom is -0.350 e. The van der Waals surface area contributed by atoms with E-state index in [2.05, 4.69) is 60.6 Å². The first-order chi connectivity index (χ1) is 11.6. The second-order valence-corrected chi connectivity index (χ2v) is 9.34. The topological polar surface area (TPSA) is 18.5 Å². The number of hydrogen-bond donors (Lipinski definition) is 0. The van der Waals surface area contributed by atoms with Crippen molar-refractivity contribution in [3.05, 3.63) is 23.3 Å². The molecule has 0 N–H and O–H groups in total. The van der Waals surface area contributed by atoms with Crippen LogP contribution >= 0.6 is 0 Å². The minimum absolute atomic E-state index is 0.143. The van der Waals surface area contributed by atoms with Gasteiger partial charge in [-0.15, -0.1) is 0 Å². The number of rotatable bonds is 10. The van der Waals surface area contributed by atoms with Crippen molar-refractivity contribution in [3.8, 4) is 0 Å². The number of hydrogen-bond acceptors (Lipinski definition) is 2. The van der Waals surface area contributed by atoms with Gasteiger partial charge in [0.05, 0.1) is 13.2 Å². The van der Waals surface area contributed by atoms with Crippen LogP contribution in [0, 0.1) is 11.3 Å². The van der Waals surface area contributed by atoms with Crippen molar-refractivity contribution in [3.63, 3.8) is 0 Å². The monoisotopic (exact) mass is 350 g/mol. The molecule has 1 aliphatic heterocycles. The van der Waals surface area contributed by atoms with E-state index in [4.69, 9.17) is 9.47 Å². The van der Waals surface area contributed by atoms with Gasteiger partial charge in [-0.2, -0.15) is 0 Å². The van der Waals surface area contributed by atoms with Crippen LogP contribution in [0.1, 0.15) is 93.4 Å². The Bertz CT molecular complexity index is 433. The highest BCUT2D eigenvalue weighted by atomic mass is 16.7. The van der Waals surface area contributed by atoms with E-state index in [9.17, 15) is 0 Å². The zero-order valence-electron chi connectivity index (χ0n) is 17.9. The van der Waals surface area contributed by atoms with E-state index < -0.39 is 5.79 Å². The van der Waals surface area contributed by atoms with Crippen LogP contribution in [0.15, 0.2) is 23.3 Å². The van der Waals surface area contributed by atoms with Gasteiger partial charge in [-0.25, -0.2) is 0 Å². The van der Waals surface area contributed by atoms with Gasteiger partial charge >= 0.3 is 0 Å². The highest BCUT2D eigenvalue weighted by Crippen LogP contribution is 2.32. The third kappa shape index (κ3) is 10.2. The van der Waals surface area contributed by atoms with E-state index in [1.807, 2.05) is 0 Å². The SMILES string of the molecule is C/C(=C/CC/C(C)=C/CCC1(C)OCC(C)(C)CO1)CCCC(C)C. The molecule has 1 saturated heterocycles. The first-order valence-corrected chi connectivity index (χ1v) is 10.2. The quantitative estimate of drug-likeness (QED) is 0.393. The maximum atomic E-state index is 5.97. The molecule has 146 valence electrons. The summed E-state index contributed by atoms with van der Waals surface area (Å²) in [6.45, 7) is 17.2. The smallest absolute Gasteiger partial charge is 0.165 e. The van der Waals surface area contributed by atoms with Crippen molar-refractivity contribution in [1.82, 2.24) is 0 Å².